The number of nitrogens with zero attached hydrogens (tertiary/aromatic N) is 2. The minimum atomic E-state index is 0.499. The van der Waals surface area contributed by atoms with Gasteiger partial charge < -0.3 is 5.73 Å². The smallest absolute Gasteiger partial charge is 0.116 e. The molecule has 0 saturated carbocycles. The van der Waals surface area contributed by atoms with E-state index in [1.807, 2.05) is 0 Å². The molecule has 2 heterocycles. The Morgan fingerprint density at radius 3 is 2.95 bits per heavy atom. The number of aromatic nitrogens is 1. The van der Waals surface area contributed by atoms with E-state index in [2.05, 4.69) is 18.7 Å². The zero-order valence-electron chi connectivity index (χ0n) is 11.8. The molecule has 0 spiro atoms. The molecule has 1 atom stereocenters. The molecule has 1 aromatic rings. The lowest BCUT2D eigenvalue weighted by Crippen LogP contribution is -2.36. The largest absolute Gasteiger partial charge is 0.389 e. The SMILES string of the molecule is CCCc1nc(CN2CCCCC2C)sc1C(N)=S. The van der Waals surface area contributed by atoms with Crippen molar-refractivity contribution in [2.24, 2.45) is 5.73 Å². The molecule has 0 aromatic carbocycles. The Morgan fingerprint density at radius 1 is 1.53 bits per heavy atom. The zero-order valence-corrected chi connectivity index (χ0v) is 13.4. The van der Waals surface area contributed by atoms with Crippen LogP contribution < -0.4 is 5.73 Å². The second kappa shape index (κ2) is 6.77. The molecule has 1 aliphatic heterocycles. The topological polar surface area (TPSA) is 42.2 Å². The number of piperidine rings is 1. The lowest BCUT2D eigenvalue weighted by atomic mass is 10.0. The summed E-state index contributed by atoms with van der Waals surface area (Å²) in [5.41, 5.74) is 6.90. The molecule has 106 valence electrons. The second-order valence-corrected chi connectivity index (χ2v) is 6.84. The zero-order chi connectivity index (χ0) is 13.8. The van der Waals surface area contributed by atoms with Crippen molar-refractivity contribution in [3.63, 3.8) is 0 Å². The number of aryl methyl sites for hydroxylation is 1. The van der Waals surface area contributed by atoms with Crippen LogP contribution in [0.4, 0.5) is 0 Å². The van der Waals surface area contributed by atoms with E-state index in [-0.39, 0.29) is 0 Å². The van der Waals surface area contributed by atoms with Crippen molar-refractivity contribution in [1.82, 2.24) is 9.88 Å². The first-order valence-electron chi connectivity index (χ1n) is 7.14. The number of likely N-dealkylation sites (tertiary alicyclic amines) is 1. The van der Waals surface area contributed by atoms with Crippen LogP contribution in [0.15, 0.2) is 0 Å². The molecule has 1 aliphatic rings. The van der Waals surface area contributed by atoms with Gasteiger partial charge in [0.15, 0.2) is 0 Å². The van der Waals surface area contributed by atoms with Crippen LogP contribution in [-0.4, -0.2) is 27.5 Å². The van der Waals surface area contributed by atoms with Crippen molar-refractivity contribution in [2.75, 3.05) is 6.54 Å². The molecule has 0 radical (unpaired) electrons. The Morgan fingerprint density at radius 2 is 2.32 bits per heavy atom. The van der Waals surface area contributed by atoms with E-state index in [0.29, 0.717) is 11.0 Å². The van der Waals surface area contributed by atoms with Gasteiger partial charge in [0, 0.05) is 6.04 Å². The molecule has 3 nitrogen and oxygen atoms in total. The van der Waals surface area contributed by atoms with Gasteiger partial charge in [0.2, 0.25) is 0 Å². The van der Waals surface area contributed by atoms with Crippen molar-refractivity contribution < 1.29 is 0 Å². The summed E-state index contributed by atoms with van der Waals surface area (Å²) < 4.78 is 0. The van der Waals surface area contributed by atoms with E-state index in [1.54, 1.807) is 11.3 Å². The maximum Gasteiger partial charge on any atom is 0.116 e. The summed E-state index contributed by atoms with van der Waals surface area (Å²) in [5, 5.41) is 1.17. The number of thiocarbonyl (C=S) groups is 1. The monoisotopic (exact) mass is 297 g/mol. The molecule has 0 amide bonds. The standard InChI is InChI=1S/C14H23N3S2/c1-3-6-11-13(14(15)18)19-12(16-11)9-17-8-5-4-7-10(17)2/h10H,3-9H2,1-2H3,(H2,15,18). The molecule has 5 heteroatoms. The molecule has 1 aromatic heterocycles. The number of hydrogen-bond donors (Lipinski definition) is 1. The molecule has 1 unspecified atom stereocenters. The fraction of sp³-hybridized carbons (Fsp3) is 0.714. The maximum absolute atomic E-state index is 5.81. The van der Waals surface area contributed by atoms with Crippen molar-refractivity contribution in [2.45, 2.75) is 58.5 Å². The second-order valence-electron chi connectivity index (χ2n) is 5.31. The summed E-state index contributed by atoms with van der Waals surface area (Å²) in [4.78, 5) is 8.81. The van der Waals surface area contributed by atoms with E-state index >= 15 is 0 Å². The van der Waals surface area contributed by atoms with Crippen molar-refractivity contribution >= 4 is 28.5 Å². The van der Waals surface area contributed by atoms with Gasteiger partial charge in [-0.3, -0.25) is 4.90 Å². The van der Waals surface area contributed by atoms with Crippen LogP contribution in [-0.2, 0) is 13.0 Å². The Balaban J connectivity index is 2.11. The van der Waals surface area contributed by atoms with Crippen LogP contribution >= 0.6 is 23.6 Å². The van der Waals surface area contributed by atoms with E-state index in [1.165, 1.54) is 30.8 Å². The van der Waals surface area contributed by atoms with E-state index < -0.39 is 0 Å². The Hall–Kier alpha value is -0.520. The van der Waals surface area contributed by atoms with Gasteiger partial charge >= 0.3 is 0 Å². The Labute approximate surface area is 125 Å². The quantitative estimate of drug-likeness (QED) is 0.848. The molecule has 19 heavy (non-hydrogen) atoms. The lowest BCUT2D eigenvalue weighted by Gasteiger charge is -2.32. The van der Waals surface area contributed by atoms with Gasteiger partial charge in [0.1, 0.15) is 10.00 Å². The lowest BCUT2D eigenvalue weighted by molar-refractivity contribution is 0.152. The highest BCUT2D eigenvalue weighted by Crippen LogP contribution is 2.24. The first-order valence-corrected chi connectivity index (χ1v) is 8.36. The number of hydrogen-bond acceptors (Lipinski definition) is 4. The van der Waals surface area contributed by atoms with Crippen molar-refractivity contribution in [3.8, 4) is 0 Å². The van der Waals surface area contributed by atoms with Crippen LogP contribution in [0, 0.1) is 0 Å². The molecule has 0 aliphatic carbocycles. The average Bonchev–Trinajstić information content (AvgIpc) is 2.76. The first-order chi connectivity index (χ1) is 9.11. The predicted molar refractivity (Wildman–Crippen MR) is 85.7 cm³/mol. The summed E-state index contributed by atoms with van der Waals surface area (Å²) in [7, 11) is 0. The van der Waals surface area contributed by atoms with E-state index in [0.717, 1.165) is 30.0 Å². The van der Waals surface area contributed by atoms with E-state index in [9.17, 15) is 0 Å². The first kappa shape index (κ1) is 14.9. The fourth-order valence-electron chi connectivity index (χ4n) is 2.63. The normalized spacial score (nSPS) is 20.6. The van der Waals surface area contributed by atoms with Crippen LogP contribution in [0.3, 0.4) is 0 Å². The van der Waals surface area contributed by atoms with Crippen molar-refractivity contribution in [1.29, 1.82) is 0 Å². The number of rotatable bonds is 5. The molecular formula is C14H23N3S2. The minimum Gasteiger partial charge on any atom is -0.389 e. The highest BCUT2D eigenvalue weighted by Gasteiger charge is 2.21. The number of thiazole rings is 1. The Bertz CT molecular complexity index is 442. The van der Waals surface area contributed by atoms with Crippen LogP contribution in [0.5, 0.6) is 0 Å². The molecule has 2 N–H and O–H groups in total. The molecular weight excluding hydrogens is 274 g/mol. The van der Waals surface area contributed by atoms with E-state index in [4.69, 9.17) is 22.9 Å². The average molecular weight is 297 g/mol. The van der Waals surface area contributed by atoms with Gasteiger partial charge in [0.25, 0.3) is 0 Å². The van der Waals surface area contributed by atoms with Crippen LogP contribution in [0.1, 0.15) is 55.1 Å². The fourth-order valence-corrected chi connectivity index (χ4v) is 3.86. The van der Waals surface area contributed by atoms with Gasteiger partial charge in [-0.05, 0) is 32.7 Å². The van der Waals surface area contributed by atoms with Crippen molar-refractivity contribution in [3.05, 3.63) is 15.6 Å². The highest BCUT2D eigenvalue weighted by molar-refractivity contribution is 7.81. The van der Waals surface area contributed by atoms with Gasteiger partial charge in [-0.25, -0.2) is 4.98 Å². The summed E-state index contributed by atoms with van der Waals surface area (Å²) >= 11 is 6.82. The van der Waals surface area contributed by atoms with Gasteiger partial charge in [0.05, 0.1) is 17.1 Å². The summed E-state index contributed by atoms with van der Waals surface area (Å²) in [6.07, 6.45) is 6.02. The van der Waals surface area contributed by atoms with Gasteiger partial charge in [-0.2, -0.15) is 0 Å². The third-order valence-electron chi connectivity index (χ3n) is 3.73. The van der Waals surface area contributed by atoms with Crippen LogP contribution in [0.2, 0.25) is 0 Å². The Kier molecular flexibility index (Phi) is 5.30. The predicted octanol–water partition coefficient (Wildman–Crippen LogP) is 3.10. The maximum atomic E-state index is 5.81. The third kappa shape index (κ3) is 3.74. The third-order valence-corrected chi connectivity index (χ3v) is 5.18. The molecule has 0 bridgehead atoms. The molecule has 1 fully saturated rings. The molecule has 1 saturated heterocycles. The summed E-state index contributed by atoms with van der Waals surface area (Å²) in [5.74, 6) is 0. The van der Waals surface area contributed by atoms with Crippen LogP contribution in [0.25, 0.3) is 0 Å². The highest BCUT2D eigenvalue weighted by atomic mass is 32.1. The number of nitrogens with two attached hydrogens (primary N) is 1. The van der Waals surface area contributed by atoms with Gasteiger partial charge in [-0.15, -0.1) is 11.3 Å². The molecule has 2 rings (SSSR count). The minimum absolute atomic E-state index is 0.499. The summed E-state index contributed by atoms with van der Waals surface area (Å²) in [6, 6.07) is 0.667. The van der Waals surface area contributed by atoms with Gasteiger partial charge in [-0.1, -0.05) is 32.0 Å². The summed E-state index contributed by atoms with van der Waals surface area (Å²) in [6.45, 7) is 6.61.